The predicted octanol–water partition coefficient (Wildman–Crippen LogP) is 4.68. The van der Waals surface area contributed by atoms with Crippen LogP contribution in [-0.2, 0) is 4.79 Å². The van der Waals surface area contributed by atoms with E-state index in [1.165, 1.54) is 0 Å². The van der Waals surface area contributed by atoms with Crippen molar-refractivity contribution in [3.63, 3.8) is 0 Å². The molecule has 3 heteroatoms. The van der Waals surface area contributed by atoms with E-state index in [9.17, 15) is 4.79 Å². The van der Waals surface area contributed by atoms with E-state index < -0.39 is 0 Å². The summed E-state index contributed by atoms with van der Waals surface area (Å²) in [5.74, 6) is 0.524. The standard InChI is InChI=1S/C21H19NO2/c1-16-9-5-7-13-19(16)22-21(23)15-24-20-14-8-6-12-18(20)17-10-3-2-4-11-17/h2-14H,15H2,1H3,(H,22,23). The summed E-state index contributed by atoms with van der Waals surface area (Å²) in [6.45, 7) is 1.93. The number of ether oxygens (including phenoxy) is 1. The number of hydrogen-bond donors (Lipinski definition) is 1. The number of amides is 1. The molecular formula is C21H19NO2. The summed E-state index contributed by atoms with van der Waals surface area (Å²) in [6.07, 6.45) is 0. The summed E-state index contributed by atoms with van der Waals surface area (Å²) in [6, 6.07) is 25.4. The lowest BCUT2D eigenvalue weighted by atomic mass is 10.1. The van der Waals surface area contributed by atoms with E-state index in [1.807, 2.05) is 85.8 Å². The fourth-order valence-electron chi connectivity index (χ4n) is 2.49. The molecule has 3 aromatic rings. The van der Waals surface area contributed by atoms with E-state index in [2.05, 4.69) is 5.32 Å². The minimum Gasteiger partial charge on any atom is -0.483 e. The molecule has 0 bridgehead atoms. The third-order valence-corrected chi connectivity index (χ3v) is 3.75. The zero-order chi connectivity index (χ0) is 16.8. The number of aryl methyl sites for hydroxylation is 1. The van der Waals surface area contributed by atoms with Crippen LogP contribution in [0.5, 0.6) is 5.75 Å². The van der Waals surface area contributed by atoms with Gasteiger partial charge in [-0.1, -0.05) is 66.7 Å². The summed E-state index contributed by atoms with van der Waals surface area (Å²) in [5, 5.41) is 2.88. The van der Waals surface area contributed by atoms with Crippen molar-refractivity contribution in [2.75, 3.05) is 11.9 Å². The van der Waals surface area contributed by atoms with E-state index >= 15 is 0 Å². The Labute approximate surface area is 141 Å². The molecule has 1 amide bonds. The maximum Gasteiger partial charge on any atom is 0.262 e. The Balaban J connectivity index is 1.69. The third kappa shape index (κ3) is 3.82. The Morgan fingerprint density at radius 3 is 2.33 bits per heavy atom. The summed E-state index contributed by atoms with van der Waals surface area (Å²) < 4.78 is 5.75. The molecule has 3 rings (SSSR count). The van der Waals surface area contributed by atoms with Gasteiger partial charge in [0.2, 0.25) is 0 Å². The molecule has 0 heterocycles. The van der Waals surface area contributed by atoms with E-state index in [4.69, 9.17) is 4.74 Å². The molecule has 3 aromatic carbocycles. The second-order valence-electron chi connectivity index (χ2n) is 5.51. The lowest BCUT2D eigenvalue weighted by molar-refractivity contribution is -0.118. The highest BCUT2D eigenvalue weighted by Crippen LogP contribution is 2.29. The van der Waals surface area contributed by atoms with Crippen molar-refractivity contribution in [2.45, 2.75) is 6.92 Å². The molecule has 24 heavy (non-hydrogen) atoms. The second kappa shape index (κ2) is 7.47. The summed E-state index contributed by atoms with van der Waals surface area (Å²) in [5.41, 5.74) is 3.87. The van der Waals surface area contributed by atoms with Gasteiger partial charge in [-0.2, -0.15) is 0 Å². The van der Waals surface area contributed by atoms with Crippen molar-refractivity contribution in [3.05, 3.63) is 84.4 Å². The Morgan fingerprint density at radius 2 is 1.54 bits per heavy atom. The number of nitrogens with one attached hydrogen (secondary N) is 1. The smallest absolute Gasteiger partial charge is 0.262 e. The van der Waals surface area contributed by atoms with Gasteiger partial charge < -0.3 is 10.1 Å². The third-order valence-electron chi connectivity index (χ3n) is 3.75. The normalized spacial score (nSPS) is 10.2. The lowest BCUT2D eigenvalue weighted by Gasteiger charge is -2.12. The second-order valence-corrected chi connectivity index (χ2v) is 5.51. The van der Waals surface area contributed by atoms with Gasteiger partial charge in [-0.25, -0.2) is 0 Å². The van der Waals surface area contributed by atoms with Gasteiger partial charge in [-0.05, 0) is 30.2 Å². The average Bonchev–Trinajstić information content (AvgIpc) is 2.63. The molecule has 1 N–H and O–H groups in total. The molecule has 0 atom stereocenters. The van der Waals surface area contributed by atoms with Crippen LogP contribution in [-0.4, -0.2) is 12.5 Å². The minimum absolute atomic E-state index is 0.0296. The van der Waals surface area contributed by atoms with Crippen LogP contribution in [0.2, 0.25) is 0 Å². The van der Waals surface area contributed by atoms with Gasteiger partial charge >= 0.3 is 0 Å². The monoisotopic (exact) mass is 317 g/mol. The van der Waals surface area contributed by atoms with E-state index in [1.54, 1.807) is 0 Å². The van der Waals surface area contributed by atoms with E-state index in [-0.39, 0.29) is 12.5 Å². The van der Waals surface area contributed by atoms with Crippen LogP contribution in [0.4, 0.5) is 5.69 Å². The fraction of sp³-hybridized carbons (Fsp3) is 0.0952. The highest BCUT2D eigenvalue weighted by molar-refractivity contribution is 5.92. The molecule has 0 fully saturated rings. The van der Waals surface area contributed by atoms with Crippen LogP contribution < -0.4 is 10.1 Å². The first-order valence-corrected chi connectivity index (χ1v) is 7.87. The Kier molecular flexibility index (Phi) is 4.92. The maximum atomic E-state index is 12.1. The summed E-state index contributed by atoms with van der Waals surface area (Å²) in [7, 11) is 0. The zero-order valence-electron chi connectivity index (χ0n) is 13.5. The Hall–Kier alpha value is -3.07. The molecule has 0 aliphatic heterocycles. The fourth-order valence-corrected chi connectivity index (χ4v) is 2.49. The van der Waals surface area contributed by atoms with Crippen LogP contribution in [0.25, 0.3) is 11.1 Å². The minimum atomic E-state index is -0.174. The van der Waals surface area contributed by atoms with Crippen molar-refractivity contribution in [1.29, 1.82) is 0 Å². The Bertz CT molecular complexity index is 828. The highest BCUT2D eigenvalue weighted by atomic mass is 16.5. The van der Waals surface area contributed by atoms with Crippen LogP contribution in [0.1, 0.15) is 5.56 Å². The van der Waals surface area contributed by atoms with Gasteiger partial charge in [0.15, 0.2) is 6.61 Å². The quantitative estimate of drug-likeness (QED) is 0.742. The largest absolute Gasteiger partial charge is 0.483 e. The van der Waals surface area contributed by atoms with Gasteiger partial charge in [-0.15, -0.1) is 0 Å². The number of benzene rings is 3. The molecule has 0 saturated heterocycles. The number of rotatable bonds is 5. The molecule has 0 radical (unpaired) electrons. The number of anilines is 1. The molecule has 0 aliphatic rings. The van der Waals surface area contributed by atoms with Crippen LogP contribution >= 0.6 is 0 Å². The SMILES string of the molecule is Cc1ccccc1NC(=O)COc1ccccc1-c1ccccc1. The topological polar surface area (TPSA) is 38.3 Å². The van der Waals surface area contributed by atoms with Crippen molar-refractivity contribution in [2.24, 2.45) is 0 Å². The van der Waals surface area contributed by atoms with Crippen molar-refractivity contribution >= 4 is 11.6 Å². The number of hydrogen-bond acceptors (Lipinski definition) is 2. The highest BCUT2D eigenvalue weighted by Gasteiger charge is 2.09. The first-order chi connectivity index (χ1) is 11.7. The molecule has 3 nitrogen and oxygen atoms in total. The lowest BCUT2D eigenvalue weighted by Crippen LogP contribution is -2.20. The van der Waals surface area contributed by atoms with Gasteiger partial charge in [-0.3, -0.25) is 4.79 Å². The number of para-hydroxylation sites is 2. The van der Waals surface area contributed by atoms with Crippen molar-refractivity contribution in [3.8, 4) is 16.9 Å². The molecular weight excluding hydrogens is 298 g/mol. The van der Waals surface area contributed by atoms with Crippen molar-refractivity contribution in [1.82, 2.24) is 0 Å². The molecule has 0 saturated carbocycles. The number of carbonyl (C=O) groups excluding carboxylic acids is 1. The van der Waals surface area contributed by atoms with Crippen LogP contribution in [0.15, 0.2) is 78.9 Å². The van der Waals surface area contributed by atoms with Gasteiger partial charge in [0, 0.05) is 11.3 Å². The van der Waals surface area contributed by atoms with Gasteiger partial charge in [0.25, 0.3) is 5.91 Å². The van der Waals surface area contributed by atoms with Gasteiger partial charge in [0.05, 0.1) is 0 Å². The molecule has 0 aromatic heterocycles. The Morgan fingerprint density at radius 1 is 0.875 bits per heavy atom. The molecule has 0 aliphatic carbocycles. The molecule has 0 unspecified atom stereocenters. The van der Waals surface area contributed by atoms with Crippen molar-refractivity contribution < 1.29 is 9.53 Å². The summed E-state index contributed by atoms with van der Waals surface area (Å²) in [4.78, 5) is 12.1. The first-order valence-electron chi connectivity index (χ1n) is 7.87. The summed E-state index contributed by atoms with van der Waals surface area (Å²) >= 11 is 0. The van der Waals surface area contributed by atoms with Gasteiger partial charge in [0.1, 0.15) is 5.75 Å². The first kappa shape index (κ1) is 15.8. The van der Waals surface area contributed by atoms with Crippen LogP contribution in [0.3, 0.4) is 0 Å². The maximum absolute atomic E-state index is 12.1. The number of carbonyl (C=O) groups is 1. The van der Waals surface area contributed by atoms with E-state index in [0.717, 1.165) is 22.4 Å². The van der Waals surface area contributed by atoms with Crippen LogP contribution in [0, 0.1) is 6.92 Å². The molecule has 120 valence electrons. The molecule has 0 spiro atoms. The zero-order valence-corrected chi connectivity index (χ0v) is 13.5. The van der Waals surface area contributed by atoms with E-state index in [0.29, 0.717) is 5.75 Å². The predicted molar refractivity (Wildman–Crippen MR) is 97.2 cm³/mol. The average molecular weight is 317 g/mol.